The number of hydrogen-bond acceptors (Lipinski definition) is 1. The molecule has 0 heterocycles. The number of benzene rings is 1. The van der Waals surface area contributed by atoms with Gasteiger partial charge in [-0.05, 0) is 65.0 Å². The fourth-order valence-corrected chi connectivity index (χ4v) is 2.19. The Balaban J connectivity index is 2.39. The van der Waals surface area contributed by atoms with Gasteiger partial charge in [-0.2, -0.15) is 0 Å². The van der Waals surface area contributed by atoms with Crippen LogP contribution in [-0.4, -0.2) is 13.1 Å². The topological polar surface area (TPSA) is 12.0 Å². The summed E-state index contributed by atoms with van der Waals surface area (Å²) in [6.07, 6.45) is 0.976. The van der Waals surface area contributed by atoms with Crippen LogP contribution in [0.3, 0.4) is 0 Å². The molecule has 1 unspecified atom stereocenters. The summed E-state index contributed by atoms with van der Waals surface area (Å²) in [6.45, 7) is 8.68. The summed E-state index contributed by atoms with van der Waals surface area (Å²) >= 11 is 3.22. The third-order valence-electron chi connectivity index (χ3n) is 2.61. The van der Waals surface area contributed by atoms with E-state index in [1.807, 2.05) is 12.1 Å². The maximum atomic E-state index is 13.1. The molecule has 0 aliphatic carbocycles. The summed E-state index contributed by atoms with van der Waals surface area (Å²) in [5.41, 5.74) is 1.18. The van der Waals surface area contributed by atoms with Gasteiger partial charge in [0.25, 0.3) is 0 Å². The SMILES string of the molecule is CC(C)CNCC(C)Cc1ccc(F)c(Br)c1. The van der Waals surface area contributed by atoms with Gasteiger partial charge in [0, 0.05) is 0 Å². The van der Waals surface area contributed by atoms with Crippen molar-refractivity contribution in [2.45, 2.75) is 27.2 Å². The lowest BCUT2D eigenvalue weighted by atomic mass is 10.0. The fraction of sp³-hybridized carbons (Fsp3) is 0.571. The molecule has 1 aromatic rings. The average Bonchev–Trinajstić information content (AvgIpc) is 2.23. The van der Waals surface area contributed by atoms with Gasteiger partial charge in [0.2, 0.25) is 0 Å². The molecule has 0 radical (unpaired) electrons. The lowest BCUT2D eigenvalue weighted by Crippen LogP contribution is -2.26. The predicted molar refractivity (Wildman–Crippen MR) is 74.7 cm³/mol. The van der Waals surface area contributed by atoms with Crippen LogP contribution in [0.25, 0.3) is 0 Å². The molecular formula is C14H21BrFN. The molecule has 0 aliphatic heterocycles. The van der Waals surface area contributed by atoms with Gasteiger partial charge in [0.1, 0.15) is 5.82 Å². The average molecular weight is 302 g/mol. The fourth-order valence-electron chi connectivity index (χ4n) is 1.76. The highest BCUT2D eigenvalue weighted by atomic mass is 79.9. The molecular weight excluding hydrogens is 281 g/mol. The molecule has 1 atom stereocenters. The summed E-state index contributed by atoms with van der Waals surface area (Å²) in [6, 6.07) is 5.25. The van der Waals surface area contributed by atoms with E-state index in [-0.39, 0.29) is 5.82 Å². The summed E-state index contributed by atoms with van der Waals surface area (Å²) in [4.78, 5) is 0. The second-order valence-electron chi connectivity index (χ2n) is 5.11. The number of nitrogens with one attached hydrogen (secondary N) is 1. The van der Waals surface area contributed by atoms with Gasteiger partial charge < -0.3 is 5.32 Å². The predicted octanol–water partition coefficient (Wildman–Crippen LogP) is 4.01. The Hall–Kier alpha value is -0.410. The van der Waals surface area contributed by atoms with E-state index in [1.165, 1.54) is 11.6 Å². The van der Waals surface area contributed by atoms with Crippen LogP contribution in [0, 0.1) is 17.7 Å². The molecule has 1 aromatic carbocycles. The number of rotatable bonds is 6. The molecule has 1 N–H and O–H groups in total. The molecule has 0 saturated carbocycles. The van der Waals surface area contributed by atoms with Crippen LogP contribution in [0.4, 0.5) is 4.39 Å². The van der Waals surface area contributed by atoms with E-state index in [4.69, 9.17) is 0 Å². The summed E-state index contributed by atoms with van der Waals surface area (Å²) in [5, 5.41) is 3.45. The third kappa shape index (κ3) is 5.64. The largest absolute Gasteiger partial charge is 0.316 e. The third-order valence-corrected chi connectivity index (χ3v) is 3.22. The Morgan fingerprint density at radius 1 is 1.24 bits per heavy atom. The standard InChI is InChI=1S/C14H21BrFN/c1-10(2)8-17-9-11(3)6-12-4-5-14(16)13(15)7-12/h4-5,7,10-11,17H,6,8-9H2,1-3H3. The van der Waals surface area contributed by atoms with Gasteiger partial charge in [-0.1, -0.05) is 26.8 Å². The molecule has 0 amide bonds. The minimum absolute atomic E-state index is 0.195. The van der Waals surface area contributed by atoms with Gasteiger partial charge in [-0.25, -0.2) is 4.39 Å². The van der Waals surface area contributed by atoms with Crippen molar-refractivity contribution in [3.05, 3.63) is 34.1 Å². The molecule has 0 aliphatic rings. The first-order valence-corrected chi connectivity index (χ1v) is 6.93. The molecule has 0 spiro atoms. The van der Waals surface area contributed by atoms with Crippen molar-refractivity contribution in [1.82, 2.24) is 5.32 Å². The molecule has 1 rings (SSSR count). The summed E-state index contributed by atoms with van der Waals surface area (Å²) in [5.74, 6) is 1.05. The maximum Gasteiger partial charge on any atom is 0.137 e. The van der Waals surface area contributed by atoms with Crippen LogP contribution in [0.15, 0.2) is 22.7 Å². The zero-order valence-electron chi connectivity index (χ0n) is 10.8. The summed E-state index contributed by atoms with van der Waals surface area (Å²) < 4.78 is 13.6. The molecule has 3 heteroatoms. The Kier molecular flexibility index (Phi) is 6.14. The van der Waals surface area contributed by atoms with E-state index < -0.39 is 0 Å². The lowest BCUT2D eigenvalue weighted by molar-refractivity contribution is 0.473. The zero-order chi connectivity index (χ0) is 12.8. The molecule has 17 heavy (non-hydrogen) atoms. The monoisotopic (exact) mass is 301 g/mol. The van der Waals surface area contributed by atoms with Crippen molar-refractivity contribution in [2.75, 3.05) is 13.1 Å². The second-order valence-corrected chi connectivity index (χ2v) is 5.96. The molecule has 0 fully saturated rings. The van der Waals surface area contributed by atoms with Gasteiger partial charge in [0.05, 0.1) is 4.47 Å². The minimum atomic E-state index is -0.195. The van der Waals surface area contributed by atoms with Crippen molar-refractivity contribution in [2.24, 2.45) is 11.8 Å². The van der Waals surface area contributed by atoms with Gasteiger partial charge in [0.15, 0.2) is 0 Å². The van der Waals surface area contributed by atoms with E-state index in [1.54, 1.807) is 0 Å². The zero-order valence-corrected chi connectivity index (χ0v) is 12.3. The normalized spacial score (nSPS) is 13.1. The first-order chi connectivity index (χ1) is 7.99. The highest BCUT2D eigenvalue weighted by Crippen LogP contribution is 2.18. The van der Waals surface area contributed by atoms with Crippen LogP contribution in [0.5, 0.6) is 0 Å². The van der Waals surface area contributed by atoms with Crippen LogP contribution in [0.2, 0.25) is 0 Å². The molecule has 0 saturated heterocycles. The van der Waals surface area contributed by atoms with Gasteiger partial charge >= 0.3 is 0 Å². The second kappa shape index (κ2) is 7.12. The molecule has 0 aromatic heterocycles. The van der Waals surface area contributed by atoms with E-state index in [0.29, 0.717) is 16.3 Å². The molecule has 96 valence electrons. The first kappa shape index (κ1) is 14.7. The van der Waals surface area contributed by atoms with E-state index in [2.05, 4.69) is 42.0 Å². The molecule has 1 nitrogen and oxygen atoms in total. The van der Waals surface area contributed by atoms with E-state index in [9.17, 15) is 4.39 Å². The van der Waals surface area contributed by atoms with Crippen molar-refractivity contribution in [1.29, 1.82) is 0 Å². The number of hydrogen-bond donors (Lipinski definition) is 1. The quantitative estimate of drug-likeness (QED) is 0.837. The van der Waals surface area contributed by atoms with Crippen molar-refractivity contribution >= 4 is 15.9 Å². The van der Waals surface area contributed by atoms with E-state index >= 15 is 0 Å². The lowest BCUT2D eigenvalue weighted by Gasteiger charge is -2.14. The summed E-state index contributed by atoms with van der Waals surface area (Å²) in [7, 11) is 0. The smallest absolute Gasteiger partial charge is 0.137 e. The Morgan fingerprint density at radius 3 is 2.53 bits per heavy atom. The van der Waals surface area contributed by atoms with E-state index in [0.717, 1.165) is 19.5 Å². The van der Waals surface area contributed by atoms with Crippen LogP contribution >= 0.6 is 15.9 Å². The van der Waals surface area contributed by atoms with Crippen molar-refractivity contribution in [3.8, 4) is 0 Å². The minimum Gasteiger partial charge on any atom is -0.316 e. The van der Waals surface area contributed by atoms with Crippen molar-refractivity contribution in [3.63, 3.8) is 0 Å². The Labute approximate surface area is 112 Å². The van der Waals surface area contributed by atoms with Crippen LogP contribution < -0.4 is 5.32 Å². The van der Waals surface area contributed by atoms with Crippen molar-refractivity contribution < 1.29 is 4.39 Å². The Morgan fingerprint density at radius 2 is 1.94 bits per heavy atom. The maximum absolute atomic E-state index is 13.1. The Bertz CT molecular complexity index is 352. The van der Waals surface area contributed by atoms with Crippen LogP contribution in [0.1, 0.15) is 26.3 Å². The first-order valence-electron chi connectivity index (χ1n) is 6.13. The van der Waals surface area contributed by atoms with Gasteiger partial charge in [-0.15, -0.1) is 0 Å². The molecule has 0 bridgehead atoms. The highest BCUT2D eigenvalue weighted by molar-refractivity contribution is 9.10. The van der Waals surface area contributed by atoms with Gasteiger partial charge in [-0.3, -0.25) is 0 Å². The number of halogens is 2. The highest BCUT2D eigenvalue weighted by Gasteiger charge is 2.06. The van der Waals surface area contributed by atoms with Crippen LogP contribution in [-0.2, 0) is 6.42 Å².